The average Bonchev–Trinajstić information content (AvgIpc) is 3.01. The predicted molar refractivity (Wildman–Crippen MR) is 146 cm³/mol. The molecule has 2 aromatic rings. The maximum absolute atomic E-state index is 13.3. The van der Waals surface area contributed by atoms with Crippen molar-refractivity contribution in [3.05, 3.63) is 61.3 Å². The predicted octanol–water partition coefficient (Wildman–Crippen LogP) is 5.06. The van der Waals surface area contributed by atoms with Crippen molar-refractivity contribution in [1.82, 2.24) is 9.88 Å². The maximum Gasteiger partial charge on any atom is 0.224 e. The van der Waals surface area contributed by atoms with Gasteiger partial charge in [-0.2, -0.15) is 0 Å². The zero-order valence-corrected chi connectivity index (χ0v) is 23.9. The summed E-state index contributed by atoms with van der Waals surface area (Å²) in [4.78, 5) is 32.5. The monoisotopic (exact) mass is 617 g/mol. The number of hydrogen-bond acceptors (Lipinski definition) is 4. The molecule has 36 heavy (non-hydrogen) atoms. The van der Waals surface area contributed by atoms with Crippen LogP contribution in [-0.4, -0.2) is 48.0 Å². The van der Waals surface area contributed by atoms with Crippen LogP contribution in [0.25, 0.3) is 0 Å². The van der Waals surface area contributed by atoms with Crippen LogP contribution in [0.15, 0.2) is 33.3 Å². The van der Waals surface area contributed by atoms with Crippen molar-refractivity contribution >= 4 is 43.7 Å². The van der Waals surface area contributed by atoms with Crippen LogP contribution in [0.5, 0.6) is 0 Å². The van der Waals surface area contributed by atoms with Crippen LogP contribution in [0.4, 0.5) is 0 Å². The molecule has 3 aliphatic rings. The number of fused-ring (bicyclic) bond motifs is 2. The Labute approximate surface area is 229 Å². The van der Waals surface area contributed by atoms with E-state index < -0.39 is 5.41 Å². The number of amides is 2. The van der Waals surface area contributed by atoms with Crippen molar-refractivity contribution in [3.63, 3.8) is 0 Å². The number of hydrogen-bond donors (Lipinski definition) is 1. The van der Waals surface area contributed by atoms with Crippen molar-refractivity contribution in [2.75, 3.05) is 26.3 Å². The lowest BCUT2D eigenvalue weighted by Crippen LogP contribution is -2.47. The molecule has 0 bridgehead atoms. The van der Waals surface area contributed by atoms with Gasteiger partial charge in [-0.15, -0.1) is 0 Å². The van der Waals surface area contributed by atoms with Crippen LogP contribution in [0.1, 0.15) is 66.0 Å². The number of halogens is 2. The van der Waals surface area contributed by atoms with Gasteiger partial charge in [0.1, 0.15) is 0 Å². The molecule has 0 unspecified atom stereocenters. The molecular formula is C28H33Br2N3O3. The lowest BCUT2D eigenvalue weighted by molar-refractivity contribution is -0.145. The highest BCUT2D eigenvalue weighted by Gasteiger charge is 2.42. The number of nitrogens with zero attached hydrogens (tertiary/aromatic N) is 2. The molecule has 1 aromatic heterocycles. The molecule has 0 saturated carbocycles. The first kappa shape index (κ1) is 25.9. The van der Waals surface area contributed by atoms with Gasteiger partial charge in [-0.05, 0) is 102 Å². The minimum absolute atomic E-state index is 0.0367. The first-order valence-electron chi connectivity index (χ1n) is 12.9. The molecule has 5 rings (SSSR count). The number of carbonyl (C=O) groups excluding carboxylic acids is 2. The summed E-state index contributed by atoms with van der Waals surface area (Å²) in [5, 5.41) is 0. The van der Waals surface area contributed by atoms with Crippen molar-refractivity contribution in [1.29, 1.82) is 0 Å². The zero-order chi connectivity index (χ0) is 25.4. The number of likely N-dealkylation sites (tertiary alicyclic amines) is 1. The van der Waals surface area contributed by atoms with Crippen molar-refractivity contribution in [3.8, 4) is 0 Å². The Balaban J connectivity index is 1.38. The summed E-state index contributed by atoms with van der Waals surface area (Å²) in [6.45, 7) is 4.49. The molecule has 2 amide bonds. The summed E-state index contributed by atoms with van der Waals surface area (Å²) < 4.78 is 7.60. The van der Waals surface area contributed by atoms with Gasteiger partial charge < -0.3 is 15.4 Å². The van der Waals surface area contributed by atoms with E-state index >= 15 is 0 Å². The third kappa shape index (κ3) is 5.01. The molecule has 2 fully saturated rings. The van der Waals surface area contributed by atoms with E-state index in [0.29, 0.717) is 45.1 Å². The molecule has 8 heteroatoms. The highest BCUT2D eigenvalue weighted by atomic mass is 79.9. The molecule has 192 valence electrons. The maximum atomic E-state index is 13.3. The molecule has 1 atom stereocenters. The van der Waals surface area contributed by atoms with Gasteiger partial charge in [-0.3, -0.25) is 14.6 Å². The second-order valence-electron chi connectivity index (χ2n) is 10.6. The van der Waals surface area contributed by atoms with E-state index in [0.717, 1.165) is 34.6 Å². The molecule has 1 aromatic carbocycles. The molecule has 6 nitrogen and oxygen atoms in total. The van der Waals surface area contributed by atoms with Gasteiger partial charge in [0.05, 0.1) is 11.1 Å². The lowest BCUT2D eigenvalue weighted by Gasteiger charge is -2.39. The van der Waals surface area contributed by atoms with E-state index in [4.69, 9.17) is 15.5 Å². The van der Waals surface area contributed by atoms with E-state index in [2.05, 4.69) is 57.0 Å². The van der Waals surface area contributed by atoms with E-state index in [1.807, 2.05) is 11.1 Å². The second kappa shape index (κ2) is 10.5. The number of piperidine rings is 1. The number of aromatic nitrogens is 1. The fourth-order valence-electron chi connectivity index (χ4n) is 6.37. The average molecular weight is 619 g/mol. The van der Waals surface area contributed by atoms with Crippen LogP contribution in [0.2, 0.25) is 0 Å². The van der Waals surface area contributed by atoms with Crippen LogP contribution in [-0.2, 0) is 27.2 Å². The number of aryl methyl sites for hydroxylation is 3. The quantitative estimate of drug-likeness (QED) is 0.519. The molecule has 1 aliphatic carbocycles. The lowest BCUT2D eigenvalue weighted by atomic mass is 9.75. The van der Waals surface area contributed by atoms with Gasteiger partial charge >= 0.3 is 0 Å². The third-order valence-electron chi connectivity index (χ3n) is 8.42. The Hall–Kier alpha value is -1.77. The summed E-state index contributed by atoms with van der Waals surface area (Å²) in [6, 6.07) is 6.76. The molecule has 2 N–H and O–H groups in total. The Bertz CT molecular complexity index is 1170. The molecular weight excluding hydrogens is 586 g/mol. The molecule has 0 radical (unpaired) electrons. The standard InChI is InChI=1S/C28H33Br2N3O3/c1-17-12-19-2-3-20-14-21(29)16-32-26(20)25(24(19)22(30)13-17)18-4-8-33(9-5-18)23(34)15-28(27(31)35)6-10-36-11-7-28/h12-14,16,18,25H,2-11,15H2,1H3,(H2,31,35)/t25-/m1/s1. The Kier molecular flexibility index (Phi) is 7.57. The minimum Gasteiger partial charge on any atom is -0.381 e. The van der Waals surface area contributed by atoms with Crippen LogP contribution >= 0.6 is 31.9 Å². The van der Waals surface area contributed by atoms with Gasteiger partial charge in [0, 0.05) is 53.8 Å². The van der Waals surface area contributed by atoms with E-state index in [9.17, 15) is 9.59 Å². The van der Waals surface area contributed by atoms with Gasteiger partial charge in [0.2, 0.25) is 11.8 Å². The topological polar surface area (TPSA) is 85.5 Å². The third-order valence-corrected chi connectivity index (χ3v) is 9.51. The first-order chi connectivity index (χ1) is 17.3. The fraction of sp³-hybridized carbons (Fsp3) is 0.536. The SMILES string of the molecule is Cc1cc(Br)c2c(c1)CCc1cc(Br)cnc1[C@@H]2C1CCN(C(=O)CC2(C(N)=O)CCOCC2)CC1. The highest BCUT2D eigenvalue weighted by molar-refractivity contribution is 9.10. The van der Waals surface area contributed by atoms with Gasteiger partial charge in [-0.25, -0.2) is 0 Å². The summed E-state index contributed by atoms with van der Waals surface area (Å²) >= 11 is 7.51. The molecule has 2 aliphatic heterocycles. The first-order valence-corrected chi connectivity index (χ1v) is 14.4. The largest absolute Gasteiger partial charge is 0.381 e. The summed E-state index contributed by atoms with van der Waals surface area (Å²) in [6.07, 6.45) is 6.91. The van der Waals surface area contributed by atoms with Crippen molar-refractivity contribution < 1.29 is 14.3 Å². The normalized spacial score (nSPS) is 21.9. The van der Waals surface area contributed by atoms with E-state index in [1.54, 1.807) is 0 Å². The summed E-state index contributed by atoms with van der Waals surface area (Å²) in [5.41, 5.74) is 11.5. The smallest absolute Gasteiger partial charge is 0.224 e. The van der Waals surface area contributed by atoms with Crippen molar-refractivity contribution in [2.24, 2.45) is 17.1 Å². The Morgan fingerprint density at radius 2 is 1.81 bits per heavy atom. The number of benzene rings is 1. The number of nitrogens with two attached hydrogens (primary N) is 1. The molecule has 2 saturated heterocycles. The van der Waals surface area contributed by atoms with Crippen LogP contribution in [0.3, 0.4) is 0 Å². The summed E-state index contributed by atoms with van der Waals surface area (Å²) in [7, 11) is 0. The second-order valence-corrected chi connectivity index (χ2v) is 12.4. The molecule has 0 spiro atoms. The van der Waals surface area contributed by atoms with Gasteiger partial charge in [-0.1, -0.05) is 22.0 Å². The van der Waals surface area contributed by atoms with Gasteiger partial charge in [0.15, 0.2) is 0 Å². The number of rotatable bonds is 4. The fourth-order valence-corrected chi connectivity index (χ4v) is 7.61. The Morgan fingerprint density at radius 3 is 2.50 bits per heavy atom. The van der Waals surface area contributed by atoms with Crippen molar-refractivity contribution in [2.45, 2.75) is 57.8 Å². The minimum atomic E-state index is -0.772. The number of ether oxygens (including phenoxy) is 1. The van der Waals surface area contributed by atoms with E-state index in [1.165, 1.54) is 27.9 Å². The van der Waals surface area contributed by atoms with E-state index in [-0.39, 0.29) is 24.2 Å². The van der Waals surface area contributed by atoms with Crippen LogP contribution in [0, 0.1) is 18.3 Å². The van der Waals surface area contributed by atoms with Crippen LogP contribution < -0.4 is 5.73 Å². The summed E-state index contributed by atoms with van der Waals surface area (Å²) in [5.74, 6) is 0.226. The molecule has 3 heterocycles. The Morgan fingerprint density at radius 1 is 1.11 bits per heavy atom. The number of pyridine rings is 1. The zero-order valence-electron chi connectivity index (χ0n) is 20.7. The van der Waals surface area contributed by atoms with Gasteiger partial charge in [0.25, 0.3) is 0 Å². The highest BCUT2D eigenvalue weighted by Crippen LogP contribution is 2.46. The number of carbonyl (C=O) groups is 2. The number of primary amides is 1.